The Balaban J connectivity index is 0.000000318. The van der Waals surface area contributed by atoms with Crippen molar-refractivity contribution in [3.63, 3.8) is 0 Å². The summed E-state index contributed by atoms with van der Waals surface area (Å²) in [6, 6.07) is 0.370. The van der Waals surface area contributed by atoms with E-state index in [2.05, 4.69) is 20.4 Å². The van der Waals surface area contributed by atoms with Crippen molar-refractivity contribution in [2.24, 2.45) is 5.92 Å². The average molecular weight is 450 g/mol. The summed E-state index contributed by atoms with van der Waals surface area (Å²) in [6.45, 7) is 3.78. The Morgan fingerprint density at radius 3 is 2.47 bits per heavy atom. The topological polar surface area (TPSA) is 105 Å². The molecule has 2 aliphatic heterocycles. The zero-order chi connectivity index (χ0) is 21.9. The Kier molecular flexibility index (Phi) is 7.17. The molecule has 1 aromatic rings. The number of ether oxygens (including phenoxy) is 1. The lowest BCUT2D eigenvalue weighted by Crippen LogP contribution is -2.43. The van der Waals surface area contributed by atoms with Gasteiger partial charge in [0.25, 0.3) is 0 Å². The van der Waals surface area contributed by atoms with Gasteiger partial charge in [-0.15, -0.1) is 10.2 Å². The van der Waals surface area contributed by atoms with Crippen molar-refractivity contribution in [2.45, 2.75) is 69.9 Å². The van der Waals surface area contributed by atoms with Gasteiger partial charge < -0.3 is 20.1 Å². The number of aryl methyl sites for hydroxylation is 1. The Morgan fingerprint density at radius 2 is 1.90 bits per heavy atom. The lowest BCUT2D eigenvalue weighted by molar-refractivity contribution is -0.192. The number of fused-ring (bicyclic) bond motifs is 1. The molecule has 1 amide bonds. The molecule has 0 radical (unpaired) electrons. The first-order valence-electron chi connectivity index (χ1n) is 9.94. The van der Waals surface area contributed by atoms with E-state index >= 15 is 0 Å². The van der Waals surface area contributed by atoms with Crippen LogP contribution in [0.25, 0.3) is 0 Å². The number of piperidine rings is 1. The summed E-state index contributed by atoms with van der Waals surface area (Å²) in [5.41, 5.74) is 0. The molecule has 3 fully saturated rings. The normalized spacial score (nSPS) is 26.7. The van der Waals surface area contributed by atoms with Gasteiger partial charge in [0.1, 0.15) is 11.1 Å². The lowest BCUT2D eigenvalue weighted by Gasteiger charge is -2.33. The van der Waals surface area contributed by atoms with Gasteiger partial charge in [-0.2, -0.15) is 13.2 Å². The Bertz CT molecular complexity index is 754. The molecule has 1 aliphatic carbocycles. The standard InChI is InChI=1S/C16H24N4O2S.C2HF3O2/c1-10-18-19-16(23-10)20-7-6-11-8-13(22-14(11)9-20)15(21)17-12-4-2-3-5-12;3-2(4,5)1(6)7/h11-14H,2-9H2,1H3,(H,17,21);(H,6,7)/t11-,13-,14+;/m0./s1. The first-order chi connectivity index (χ1) is 14.1. The number of rotatable bonds is 3. The van der Waals surface area contributed by atoms with Crippen molar-refractivity contribution in [1.82, 2.24) is 15.5 Å². The minimum atomic E-state index is -5.08. The summed E-state index contributed by atoms with van der Waals surface area (Å²) in [5, 5.41) is 20.6. The minimum Gasteiger partial charge on any atom is -0.475 e. The number of carboxylic acid groups (broad SMARTS) is 1. The number of nitrogens with one attached hydrogen (secondary N) is 1. The molecule has 3 atom stereocenters. The number of aliphatic carboxylic acids is 1. The number of alkyl halides is 3. The number of anilines is 1. The molecule has 0 spiro atoms. The predicted molar refractivity (Wildman–Crippen MR) is 102 cm³/mol. The van der Waals surface area contributed by atoms with Crippen molar-refractivity contribution in [2.75, 3.05) is 18.0 Å². The first kappa shape index (κ1) is 22.7. The van der Waals surface area contributed by atoms with Crippen molar-refractivity contribution in [1.29, 1.82) is 0 Å². The fourth-order valence-corrected chi connectivity index (χ4v) is 4.77. The van der Waals surface area contributed by atoms with Crippen LogP contribution in [0.4, 0.5) is 18.3 Å². The van der Waals surface area contributed by atoms with Gasteiger partial charge in [-0.25, -0.2) is 4.79 Å². The largest absolute Gasteiger partial charge is 0.490 e. The summed E-state index contributed by atoms with van der Waals surface area (Å²) < 4.78 is 37.8. The molecule has 1 aromatic heterocycles. The molecule has 3 aliphatic rings. The highest BCUT2D eigenvalue weighted by Crippen LogP contribution is 2.35. The summed E-state index contributed by atoms with van der Waals surface area (Å²) in [7, 11) is 0. The smallest absolute Gasteiger partial charge is 0.475 e. The van der Waals surface area contributed by atoms with E-state index in [1.54, 1.807) is 11.3 Å². The second-order valence-electron chi connectivity index (χ2n) is 7.79. The van der Waals surface area contributed by atoms with Gasteiger partial charge in [-0.05, 0) is 38.5 Å². The second-order valence-corrected chi connectivity index (χ2v) is 8.95. The number of halogens is 3. The Morgan fingerprint density at radius 1 is 1.23 bits per heavy atom. The average Bonchev–Trinajstić information content (AvgIpc) is 3.41. The van der Waals surface area contributed by atoms with Crippen LogP contribution in [0.2, 0.25) is 0 Å². The van der Waals surface area contributed by atoms with Gasteiger partial charge in [-0.3, -0.25) is 4.79 Å². The van der Waals surface area contributed by atoms with E-state index in [1.165, 1.54) is 12.8 Å². The molecule has 3 heterocycles. The maximum atomic E-state index is 12.4. The Hall–Kier alpha value is -1.95. The van der Waals surface area contributed by atoms with E-state index in [0.29, 0.717) is 12.0 Å². The zero-order valence-electron chi connectivity index (χ0n) is 16.5. The number of nitrogens with zero attached hydrogens (tertiary/aromatic N) is 3. The zero-order valence-corrected chi connectivity index (χ0v) is 17.3. The molecule has 1 saturated carbocycles. The molecular formula is C18H25F3N4O4S. The van der Waals surface area contributed by atoms with Crippen LogP contribution < -0.4 is 10.2 Å². The number of hydrogen-bond donors (Lipinski definition) is 2. The van der Waals surface area contributed by atoms with Crippen molar-refractivity contribution < 1.29 is 32.6 Å². The van der Waals surface area contributed by atoms with E-state index in [1.807, 2.05) is 6.92 Å². The molecule has 0 bridgehead atoms. The van der Waals surface area contributed by atoms with E-state index in [0.717, 1.165) is 48.9 Å². The molecule has 2 saturated heterocycles. The lowest BCUT2D eigenvalue weighted by atomic mass is 9.92. The van der Waals surface area contributed by atoms with Crippen molar-refractivity contribution >= 4 is 28.3 Å². The van der Waals surface area contributed by atoms with Crippen molar-refractivity contribution in [3.05, 3.63) is 5.01 Å². The van der Waals surface area contributed by atoms with E-state index < -0.39 is 12.1 Å². The summed E-state index contributed by atoms with van der Waals surface area (Å²) >= 11 is 1.63. The third kappa shape index (κ3) is 5.81. The quantitative estimate of drug-likeness (QED) is 0.729. The number of carboxylic acids is 1. The van der Waals surface area contributed by atoms with Crippen LogP contribution in [0, 0.1) is 12.8 Å². The molecule has 0 aromatic carbocycles. The highest BCUT2D eigenvalue weighted by molar-refractivity contribution is 7.15. The van der Waals surface area contributed by atoms with Gasteiger partial charge in [0, 0.05) is 19.1 Å². The van der Waals surface area contributed by atoms with Gasteiger partial charge in [-0.1, -0.05) is 24.2 Å². The van der Waals surface area contributed by atoms with Crippen LogP contribution in [-0.2, 0) is 14.3 Å². The fourth-order valence-electron chi connectivity index (χ4n) is 4.05. The number of carbonyl (C=O) groups is 2. The minimum absolute atomic E-state index is 0.101. The molecule has 30 heavy (non-hydrogen) atoms. The summed E-state index contributed by atoms with van der Waals surface area (Å²) in [5.74, 6) is -2.16. The third-order valence-electron chi connectivity index (χ3n) is 5.57. The van der Waals surface area contributed by atoms with Gasteiger partial charge >= 0.3 is 12.1 Å². The number of aromatic nitrogens is 2. The van der Waals surface area contributed by atoms with Crippen LogP contribution in [0.15, 0.2) is 0 Å². The van der Waals surface area contributed by atoms with E-state index in [9.17, 15) is 18.0 Å². The molecule has 12 heteroatoms. The van der Waals surface area contributed by atoms with Gasteiger partial charge in [0.2, 0.25) is 11.0 Å². The second kappa shape index (κ2) is 9.46. The first-order valence-corrected chi connectivity index (χ1v) is 10.8. The molecule has 0 unspecified atom stereocenters. The van der Waals surface area contributed by atoms with E-state index in [-0.39, 0.29) is 18.1 Å². The number of hydrogen-bond acceptors (Lipinski definition) is 7. The summed E-state index contributed by atoms with van der Waals surface area (Å²) in [6.07, 6.45) is 1.44. The number of amides is 1. The van der Waals surface area contributed by atoms with Gasteiger partial charge in [0.05, 0.1) is 6.10 Å². The number of carbonyl (C=O) groups excluding carboxylic acids is 1. The highest BCUT2D eigenvalue weighted by Gasteiger charge is 2.42. The van der Waals surface area contributed by atoms with Crippen LogP contribution in [0.5, 0.6) is 0 Å². The highest BCUT2D eigenvalue weighted by atomic mass is 32.1. The van der Waals surface area contributed by atoms with Crippen LogP contribution in [0.1, 0.15) is 43.5 Å². The van der Waals surface area contributed by atoms with Crippen LogP contribution in [0.3, 0.4) is 0 Å². The monoisotopic (exact) mass is 450 g/mol. The third-order valence-corrected chi connectivity index (χ3v) is 6.47. The Labute approximate surface area is 175 Å². The molecule has 4 rings (SSSR count). The molecule has 2 N–H and O–H groups in total. The SMILES string of the molecule is Cc1nnc(N2CC[C@H]3C[C@@H](C(=O)NC4CCCC4)O[C@@H]3C2)s1.O=C(O)C(F)(F)F. The van der Waals surface area contributed by atoms with Gasteiger partial charge in [0.15, 0.2) is 0 Å². The summed E-state index contributed by atoms with van der Waals surface area (Å²) in [4.78, 5) is 23.6. The maximum Gasteiger partial charge on any atom is 0.490 e. The molecule has 8 nitrogen and oxygen atoms in total. The fraction of sp³-hybridized carbons (Fsp3) is 0.778. The van der Waals surface area contributed by atoms with Crippen molar-refractivity contribution in [3.8, 4) is 0 Å². The van der Waals surface area contributed by atoms with E-state index in [4.69, 9.17) is 14.6 Å². The van der Waals surface area contributed by atoms with Crippen LogP contribution in [-0.4, -0.2) is 64.7 Å². The molecule has 168 valence electrons. The maximum absolute atomic E-state index is 12.4. The predicted octanol–water partition coefficient (Wildman–Crippen LogP) is 2.52. The van der Waals surface area contributed by atoms with Crippen LogP contribution >= 0.6 is 11.3 Å². The molecular weight excluding hydrogens is 425 g/mol.